The van der Waals surface area contributed by atoms with Gasteiger partial charge in [0.2, 0.25) is 5.89 Å². The van der Waals surface area contributed by atoms with Crippen LogP contribution in [0.4, 0.5) is 5.82 Å². The Kier molecular flexibility index (Phi) is 3.39. The molecule has 7 heteroatoms. The van der Waals surface area contributed by atoms with Gasteiger partial charge in [0.1, 0.15) is 11.7 Å². The fourth-order valence-corrected chi connectivity index (χ4v) is 2.64. The molecular weight excluding hydrogens is 316 g/mol. The van der Waals surface area contributed by atoms with Crippen LogP contribution in [-0.4, -0.2) is 21.0 Å². The zero-order chi connectivity index (χ0) is 17.4. The van der Waals surface area contributed by atoms with Gasteiger partial charge in [-0.05, 0) is 17.5 Å². The summed E-state index contributed by atoms with van der Waals surface area (Å²) in [6.07, 6.45) is 1.71. The van der Waals surface area contributed by atoms with Gasteiger partial charge in [0.25, 0.3) is 5.89 Å². The number of amidine groups is 1. The van der Waals surface area contributed by atoms with Crippen LogP contribution in [0.1, 0.15) is 5.56 Å². The highest BCUT2D eigenvalue weighted by Crippen LogP contribution is 2.33. The van der Waals surface area contributed by atoms with Gasteiger partial charge in [-0.3, -0.25) is 5.41 Å². The number of anilines is 1. The standard InChI is InChI=1S/C18H14N6O/c19-15(20)10-5-7-11(8-6-10)17-23-24-18(25-17)14-13-4-2-1-3-12(13)9-22-16(14)21/h1-9H,(H3,19,20)(H2,21,22). The van der Waals surface area contributed by atoms with E-state index < -0.39 is 0 Å². The van der Waals surface area contributed by atoms with E-state index in [9.17, 15) is 0 Å². The maximum absolute atomic E-state index is 7.43. The molecular formula is C18H14N6O. The molecule has 122 valence electrons. The summed E-state index contributed by atoms with van der Waals surface area (Å²) < 4.78 is 5.82. The van der Waals surface area contributed by atoms with E-state index in [0.717, 1.165) is 16.3 Å². The molecule has 0 unspecified atom stereocenters. The molecule has 0 saturated carbocycles. The van der Waals surface area contributed by atoms with Gasteiger partial charge in [0.15, 0.2) is 0 Å². The summed E-state index contributed by atoms with van der Waals surface area (Å²) in [7, 11) is 0. The summed E-state index contributed by atoms with van der Waals surface area (Å²) in [5, 5.41) is 17.5. The van der Waals surface area contributed by atoms with Crippen LogP contribution in [0, 0.1) is 5.41 Å². The Morgan fingerprint density at radius 3 is 2.44 bits per heavy atom. The van der Waals surface area contributed by atoms with E-state index >= 15 is 0 Å². The van der Waals surface area contributed by atoms with Crippen LogP contribution >= 0.6 is 0 Å². The number of nitrogens with zero attached hydrogens (tertiary/aromatic N) is 3. The molecule has 0 radical (unpaired) electrons. The smallest absolute Gasteiger partial charge is 0.252 e. The molecule has 2 aromatic carbocycles. The molecule has 0 spiro atoms. The molecule has 0 amide bonds. The van der Waals surface area contributed by atoms with Crippen LogP contribution in [-0.2, 0) is 0 Å². The van der Waals surface area contributed by atoms with Crippen molar-refractivity contribution in [3.05, 3.63) is 60.3 Å². The Morgan fingerprint density at radius 1 is 0.960 bits per heavy atom. The minimum Gasteiger partial charge on any atom is -0.416 e. The third kappa shape index (κ3) is 2.57. The number of nitrogens with one attached hydrogen (secondary N) is 1. The van der Waals surface area contributed by atoms with E-state index in [4.69, 9.17) is 21.3 Å². The minimum absolute atomic E-state index is 0.00683. The van der Waals surface area contributed by atoms with Crippen molar-refractivity contribution in [3.8, 4) is 22.9 Å². The Hall–Kier alpha value is -3.74. The highest BCUT2D eigenvalue weighted by atomic mass is 16.4. The first-order valence-corrected chi connectivity index (χ1v) is 7.55. The van der Waals surface area contributed by atoms with E-state index in [-0.39, 0.29) is 5.84 Å². The SMILES string of the molecule is N=C(N)c1ccc(-c2nnc(-c3c(N)ncc4ccccc34)o2)cc1. The summed E-state index contributed by atoms with van der Waals surface area (Å²) >= 11 is 0. The second kappa shape index (κ2) is 5.72. The quantitative estimate of drug-likeness (QED) is 0.391. The summed E-state index contributed by atoms with van der Waals surface area (Å²) in [5.74, 6) is 1.01. The van der Waals surface area contributed by atoms with E-state index in [1.807, 2.05) is 24.3 Å². The Labute approximate surface area is 142 Å². The molecule has 0 bridgehead atoms. The second-order valence-corrected chi connectivity index (χ2v) is 5.51. The fourth-order valence-electron chi connectivity index (χ4n) is 2.64. The van der Waals surface area contributed by atoms with Gasteiger partial charge in [-0.25, -0.2) is 4.98 Å². The van der Waals surface area contributed by atoms with Crippen molar-refractivity contribution in [1.29, 1.82) is 5.41 Å². The predicted octanol–water partition coefficient (Wildman–Crippen LogP) is 2.82. The van der Waals surface area contributed by atoms with Crippen LogP contribution in [0.5, 0.6) is 0 Å². The van der Waals surface area contributed by atoms with Crippen molar-refractivity contribution in [1.82, 2.24) is 15.2 Å². The van der Waals surface area contributed by atoms with Gasteiger partial charge in [0, 0.05) is 22.7 Å². The van der Waals surface area contributed by atoms with Crippen LogP contribution in [0.25, 0.3) is 33.7 Å². The monoisotopic (exact) mass is 330 g/mol. The third-order valence-electron chi connectivity index (χ3n) is 3.91. The first kappa shape index (κ1) is 14.8. The van der Waals surface area contributed by atoms with E-state index in [2.05, 4.69) is 15.2 Å². The topological polar surface area (TPSA) is 128 Å². The van der Waals surface area contributed by atoms with E-state index in [1.165, 1.54) is 0 Å². The Balaban J connectivity index is 1.80. The summed E-state index contributed by atoms with van der Waals surface area (Å²) in [6.45, 7) is 0. The van der Waals surface area contributed by atoms with Crippen molar-refractivity contribution >= 4 is 22.4 Å². The van der Waals surface area contributed by atoms with Crippen LogP contribution in [0.2, 0.25) is 0 Å². The lowest BCUT2D eigenvalue weighted by Gasteiger charge is -2.05. The molecule has 0 atom stereocenters. The summed E-state index contributed by atoms with van der Waals surface area (Å²) in [4.78, 5) is 4.21. The van der Waals surface area contributed by atoms with Crippen molar-refractivity contribution < 1.29 is 4.42 Å². The van der Waals surface area contributed by atoms with Crippen LogP contribution < -0.4 is 11.5 Å². The molecule has 0 aliphatic carbocycles. The van der Waals surface area contributed by atoms with E-state index in [1.54, 1.807) is 30.5 Å². The van der Waals surface area contributed by atoms with Gasteiger partial charge < -0.3 is 15.9 Å². The van der Waals surface area contributed by atoms with E-state index in [0.29, 0.717) is 28.7 Å². The number of nitrogen functional groups attached to an aromatic ring is 2. The molecule has 4 aromatic rings. The molecule has 0 aliphatic heterocycles. The largest absolute Gasteiger partial charge is 0.416 e. The van der Waals surface area contributed by atoms with Gasteiger partial charge >= 0.3 is 0 Å². The van der Waals surface area contributed by atoms with Crippen molar-refractivity contribution in [2.45, 2.75) is 0 Å². The van der Waals surface area contributed by atoms with Crippen molar-refractivity contribution in [3.63, 3.8) is 0 Å². The Bertz CT molecular complexity index is 1080. The lowest BCUT2D eigenvalue weighted by atomic mass is 10.1. The number of aromatic nitrogens is 3. The molecule has 4 rings (SSSR count). The third-order valence-corrected chi connectivity index (χ3v) is 3.91. The second-order valence-electron chi connectivity index (χ2n) is 5.51. The highest BCUT2D eigenvalue weighted by Gasteiger charge is 2.17. The first-order valence-electron chi connectivity index (χ1n) is 7.55. The average molecular weight is 330 g/mol. The average Bonchev–Trinajstić information content (AvgIpc) is 3.11. The van der Waals surface area contributed by atoms with Gasteiger partial charge in [0.05, 0.1) is 5.56 Å². The normalized spacial score (nSPS) is 10.9. The Morgan fingerprint density at radius 2 is 1.68 bits per heavy atom. The maximum atomic E-state index is 7.43. The molecule has 0 fully saturated rings. The molecule has 2 aromatic heterocycles. The number of fused-ring (bicyclic) bond motifs is 1. The number of benzene rings is 2. The number of nitrogens with two attached hydrogens (primary N) is 2. The van der Waals surface area contributed by atoms with Crippen molar-refractivity contribution in [2.24, 2.45) is 5.73 Å². The fraction of sp³-hybridized carbons (Fsp3) is 0. The molecule has 25 heavy (non-hydrogen) atoms. The zero-order valence-corrected chi connectivity index (χ0v) is 13.1. The minimum atomic E-state index is 0.00683. The van der Waals surface area contributed by atoms with Crippen LogP contribution in [0.15, 0.2) is 59.1 Å². The number of hydrogen-bond donors (Lipinski definition) is 3. The number of pyridine rings is 1. The van der Waals surface area contributed by atoms with Gasteiger partial charge in [-0.2, -0.15) is 0 Å². The lowest BCUT2D eigenvalue weighted by Crippen LogP contribution is -2.10. The highest BCUT2D eigenvalue weighted by molar-refractivity contribution is 5.98. The molecule has 2 heterocycles. The van der Waals surface area contributed by atoms with Gasteiger partial charge in [-0.1, -0.05) is 36.4 Å². The molecule has 5 N–H and O–H groups in total. The lowest BCUT2D eigenvalue weighted by molar-refractivity contribution is 0.585. The summed E-state index contributed by atoms with van der Waals surface area (Å²) in [5.41, 5.74) is 13.5. The number of rotatable bonds is 3. The number of hydrogen-bond acceptors (Lipinski definition) is 6. The predicted molar refractivity (Wildman–Crippen MR) is 95.9 cm³/mol. The molecule has 0 saturated heterocycles. The molecule has 0 aliphatic rings. The first-order chi connectivity index (χ1) is 12.1. The summed E-state index contributed by atoms with van der Waals surface area (Å²) in [6, 6.07) is 14.8. The maximum Gasteiger partial charge on any atom is 0.252 e. The zero-order valence-electron chi connectivity index (χ0n) is 13.1. The van der Waals surface area contributed by atoms with Gasteiger partial charge in [-0.15, -0.1) is 10.2 Å². The van der Waals surface area contributed by atoms with Crippen LogP contribution in [0.3, 0.4) is 0 Å². The van der Waals surface area contributed by atoms with Crippen molar-refractivity contribution in [2.75, 3.05) is 5.73 Å². The molecule has 7 nitrogen and oxygen atoms in total.